The van der Waals surface area contributed by atoms with Gasteiger partial charge in [-0.3, -0.25) is 0 Å². The number of hydrogen-bond acceptors (Lipinski definition) is 4. The van der Waals surface area contributed by atoms with E-state index in [4.69, 9.17) is 0 Å². The second kappa shape index (κ2) is 1.90. The van der Waals surface area contributed by atoms with E-state index in [2.05, 4.69) is 25.3 Å². The maximum absolute atomic E-state index is 3.83. The fourth-order valence-electron chi connectivity index (χ4n) is 0.629. The molecule has 0 unspecified atom stereocenters. The summed E-state index contributed by atoms with van der Waals surface area (Å²) in [5.41, 5.74) is 0. The third kappa shape index (κ3) is 0.661. The Morgan fingerprint density at radius 3 is 3.10 bits per heavy atom. The van der Waals surface area contributed by atoms with Gasteiger partial charge in [0.2, 0.25) is 0 Å². The molecule has 6 nitrogen and oxygen atoms in total. The molecule has 2 aromatic rings. The van der Waals surface area contributed by atoms with Crippen molar-refractivity contribution in [2.45, 2.75) is 0 Å². The van der Waals surface area contributed by atoms with E-state index in [1.54, 1.807) is 6.33 Å². The van der Waals surface area contributed by atoms with Crippen molar-refractivity contribution >= 4 is 0 Å². The quantitative estimate of drug-likeness (QED) is 0.567. The van der Waals surface area contributed by atoms with Crippen molar-refractivity contribution < 1.29 is 0 Å². The van der Waals surface area contributed by atoms with E-state index in [0.29, 0.717) is 5.95 Å². The Morgan fingerprint density at radius 2 is 2.50 bits per heavy atom. The van der Waals surface area contributed by atoms with Crippen LogP contribution in [0.3, 0.4) is 0 Å². The summed E-state index contributed by atoms with van der Waals surface area (Å²) in [6.45, 7) is 0. The Bertz CT molecular complexity index is 249. The first kappa shape index (κ1) is 5.10. The number of hydrogen-bond donors (Lipinski definition) is 1. The first-order valence-electron chi connectivity index (χ1n) is 2.68. The van der Waals surface area contributed by atoms with Crippen molar-refractivity contribution in [2.24, 2.45) is 0 Å². The molecule has 10 heavy (non-hydrogen) atoms. The average Bonchev–Trinajstić information content (AvgIpc) is 2.59. The molecule has 0 saturated carbocycles. The SMILES string of the molecule is c1ncn(-c2nnc[nH]2)n1. The molecular weight excluding hydrogens is 132 g/mol. The van der Waals surface area contributed by atoms with Crippen LogP contribution in [-0.2, 0) is 0 Å². The molecule has 0 aliphatic carbocycles. The third-order valence-corrected chi connectivity index (χ3v) is 1.04. The van der Waals surface area contributed by atoms with Gasteiger partial charge in [-0.25, -0.2) is 4.98 Å². The average molecular weight is 136 g/mol. The van der Waals surface area contributed by atoms with E-state index < -0.39 is 0 Å². The van der Waals surface area contributed by atoms with Crippen LogP contribution in [0, 0.1) is 0 Å². The smallest absolute Gasteiger partial charge is 0.250 e. The predicted molar refractivity (Wildman–Crippen MR) is 31.3 cm³/mol. The number of nitrogens with zero attached hydrogens (tertiary/aromatic N) is 5. The molecule has 0 atom stereocenters. The van der Waals surface area contributed by atoms with Crippen LogP contribution in [-0.4, -0.2) is 29.9 Å². The highest BCUT2D eigenvalue weighted by Crippen LogP contribution is 1.90. The molecule has 6 heteroatoms. The number of H-pyrrole nitrogens is 1. The van der Waals surface area contributed by atoms with Gasteiger partial charge in [0, 0.05) is 0 Å². The van der Waals surface area contributed by atoms with Gasteiger partial charge >= 0.3 is 0 Å². The van der Waals surface area contributed by atoms with Crippen LogP contribution in [0.2, 0.25) is 0 Å². The third-order valence-electron chi connectivity index (χ3n) is 1.04. The molecule has 0 aromatic carbocycles. The monoisotopic (exact) mass is 136 g/mol. The molecule has 0 amide bonds. The van der Waals surface area contributed by atoms with Crippen molar-refractivity contribution in [2.75, 3.05) is 0 Å². The molecular formula is C4H4N6. The Hall–Kier alpha value is -1.72. The van der Waals surface area contributed by atoms with Gasteiger partial charge in [0.25, 0.3) is 5.95 Å². The van der Waals surface area contributed by atoms with Gasteiger partial charge < -0.3 is 4.98 Å². The lowest BCUT2D eigenvalue weighted by Crippen LogP contribution is -1.95. The molecule has 0 aliphatic heterocycles. The van der Waals surface area contributed by atoms with Crippen LogP contribution in [0.4, 0.5) is 0 Å². The zero-order valence-electron chi connectivity index (χ0n) is 4.97. The number of aromatic amines is 1. The summed E-state index contributed by atoms with van der Waals surface area (Å²) in [4.78, 5) is 6.52. The minimum atomic E-state index is 0.567. The van der Waals surface area contributed by atoms with Gasteiger partial charge in [0.05, 0.1) is 0 Å². The Labute approximate surface area is 55.9 Å². The number of nitrogens with one attached hydrogen (secondary N) is 1. The lowest BCUT2D eigenvalue weighted by atomic mass is 11.0. The zero-order valence-corrected chi connectivity index (χ0v) is 4.97. The molecule has 2 aromatic heterocycles. The Balaban J connectivity index is 2.48. The highest BCUT2D eigenvalue weighted by Gasteiger charge is 1.96. The van der Waals surface area contributed by atoms with Crippen molar-refractivity contribution in [1.82, 2.24) is 29.9 Å². The molecule has 0 spiro atoms. The first-order valence-corrected chi connectivity index (χ1v) is 2.68. The standard InChI is InChI=1S/C4H4N6/c1-5-3-10(8-1)4-6-2-7-9-4/h1-3H,(H,6,7,9). The summed E-state index contributed by atoms with van der Waals surface area (Å²) >= 11 is 0. The van der Waals surface area contributed by atoms with Gasteiger partial charge in [0.1, 0.15) is 19.0 Å². The van der Waals surface area contributed by atoms with Crippen LogP contribution >= 0.6 is 0 Å². The number of aromatic nitrogens is 6. The number of rotatable bonds is 1. The maximum atomic E-state index is 3.83. The minimum absolute atomic E-state index is 0.567. The van der Waals surface area contributed by atoms with Crippen LogP contribution in [0.15, 0.2) is 19.0 Å². The lowest BCUT2D eigenvalue weighted by Gasteiger charge is -1.87. The Morgan fingerprint density at radius 1 is 1.50 bits per heavy atom. The summed E-state index contributed by atoms with van der Waals surface area (Å²) < 4.78 is 1.49. The van der Waals surface area contributed by atoms with Crippen molar-refractivity contribution in [3.8, 4) is 5.95 Å². The maximum Gasteiger partial charge on any atom is 0.250 e. The zero-order chi connectivity index (χ0) is 6.81. The van der Waals surface area contributed by atoms with Crippen LogP contribution in [0.25, 0.3) is 5.95 Å². The van der Waals surface area contributed by atoms with E-state index >= 15 is 0 Å². The second-order valence-corrected chi connectivity index (χ2v) is 1.65. The summed E-state index contributed by atoms with van der Waals surface area (Å²) in [7, 11) is 0. The van der Waals surface area contributed by atoms with Crippen molar-refractivity contribution in [3.63, 3.8) is 0 Å². The van der Waals surface area contributed by atoms with Gasteiger partial charge in [-0.2, -0.15) is 9.78 Å². The lowest BCUT2D eigenvalue weighted by molar-refractivity contribution is 0.812. The van der Waals surface area contributed by atoms with Crippen molar-refractivity contribution in [1.29, 1.82) is 0 Å². The van der Waals surface area contributed by atoms with E-state index in [1.807, 2.05) is 0 Å². The molecule has 0 bridgehead atoms. The Kier molecular flexibility index (Phi) is 0.970. The van der Waals surface area contributed by atoms with E-state index in [1.165, 1.54) is 17.3 Å². The van der Waals surface area contributed by atoms with Gasteiger partial charge in [-0.1, -0.05) is 0 Å². The molecule has 0 aliphatic rings. The van der Waals surface area contributed by atoms with E-state index in [9.17, 15) is 0 Å². The molecule has 50 valence electrons. The van der Waals surface area contributed by atoms with Gasteiger partial charge in [-0.05, 0) is 0 Å². The highest BCUT2D eigenvalue weighted by atomic mass is 15.4. The molecule has 2 heterocycles. The fraction of sp³-hybridized carbons (Fsp3) is 0. The highest BCUT2D eigenvalue weighted by molar-refractivity contribution is 5.00. The minimum Gasteiger partial charge on any atom is -0.312 e. The van der Waals surface area contributed by atoms with Crippen LogP contribution in [0.1, 0.15) is 0 Å². The van der Waals surface area contributed by atoms with Crippen molar-refractivity contribution in [3.05, 3.63) is 19.0 Å². The normalized spacial score (nSPS) is 10.0. The second-order valence-electron chi connectivity index (χ2n) is 1.65. The van der Waals surface area contributed by atoms with Crippen LogP contribution < -0.4 is 0 Å². The summed E-state index contributed by atoms with van der Waals surface area (Å²) in [6, 6.07) is 0. The molecule has 0 saturated heterocycles. The van der Waals surface area contributed by atoms with E-state index in [-0.39, 0.29) is 0 Å². The summed E-state index contributed by atoms with van der Waals surface area (Å²) in [5.74, 6) is 0.567. The molecule has 0 radical (unpaired) electrons. The molecule has 0 fully saturated rings. The van der Waals surface area contributed by atoms with Gasteiger partial charge in [-0.15, -0.1) is 10.2 Å². The predicted octanol–water partition coefficient (Wildman–Crippen LogP) is -0.615. The topological polar surface area (TPSA) is 72.3 Å². The largest absolute Gasteiger partial charge is 0.312 e. The van der Waals surface area contributed by atoms with Crippen LogP contribution in [0.5, 0.6) is 0 Å². The molecule has 1 N–H and O–H groups in total. The summed E-state index contributed by atoms with van der Waals surface area (Å²) in [6.07, 6.45) is 4.46. The first-order chi connectivity index (χ1) is 4.97. The van der Waals surface area contributed by atoms with E-state index in [0.717, 1.165) is 0 Å². The van der Waals surface area contributed by atoms with Gasteiger partial charge in [0.15, 0.2) is 0 Å². The summed E-state index contributed by atoms with van der Waals surface area (Å²) in [5, 5.41) is 11.1. The fourth-order valence-corrected chi connectivity index (χ4v) is 0.629. The molecule has 2 rings (SSSR count).